The molecule has 7 heterocycles. The van der Waals surface area contributed by atoms with Crippen LogP contribution in [-0.4, -0.2) is 22.5 Å². The molecule has 652 valence electrons. The van der Waals surface area contributed by atoms with Crippen LogP contribution in [0.4, 0.5) is 0 Å². The lowest BCUT2D eigenvalue weighted by molar-refractivity contribution is 1.18. The van der Waals surface area contributed by atoms with Gasteiger partial charge in [0.1, 0.15) is 0 Å². The van der Waals surface area contributed by atoms with E-state index in [4.69, 9.17) is 0 Å². The highest BCUT2D eigenvalue weighted by Crippen LogP contribution is 2.55. The zero-order valence-corrected chi connectivity index (χ0v) is 76.7. The Bertz CT molecular complexity index is 10500. The minimum absolute atomic E-state index is 1.16. The van der Waals surface area contributed by atoms with Gasteiger partial charge in [-0.05, 0) is 212 Å². The van der Waals surface area contributed by atoms with Gasteiger partial charge in [-0.2, -0.15) is 0 Å². The lowest BCUT2D eigenvalue weighted by Gasteiger charge is -2.17. The zero-order valence-electron chi connectivity index (χ0n) is 76.7. The normalized spacial score (nSPS) is 12.1. The first kappa shape index (κ1) is 78.6. The Balaban J connectivity index is 0.0000000992. The molecular weight excluding hydrogens is 1700 g/mol. The molecule has 0 saturated carbocycles. The van der Waals surface area contributed by atoms with Crippen molar-refractivity contribution in [3.63, 3.8) is 0 Å². The van der Waals surface area contributed by atoms with E-state index < -0.39 is 0 Å². The molecule has 1 aliphatic rings. The number of para-hydroxylation sites is 2. The molecule has 0 atom stereocenters. The van der Waals surface area contributed by atoms with Crippen LogP contribution in [0.3, 0.4) is 0 Å². The van der Waals surface area contributed by atoms with Gasteiger partial charge >= 0.3 is 0 Å². The predicted molar refractivity (Wildman–Crippen MR) is 599 cm³/mol. The zero-order chi connectivity index (χ0) is 92.2. The van der Waals surface area contributed by atoms with Crippen LogP contribution in [0.25, 0.3) is 291 Å². The minimum atomic E-state index is 1.16. The number of rotatable bonds is 9. The molecule has 141 heavy (non-hydrogen) atoms. The van der Waals surface area contributed by atoms with Crippen molar-refractivity contribution in [3.8, 4) is 106 Å². The van der Waals surface area contributed by atoms with Crippen molar-refractivity contribution in [3.05, 3.63) is 504 Å². The van der Waals surface area contributed by atoms with Crippen molar-refractivity contribution in [2.24, 2.45) is 0 Å². The Kier molecular flexibility index (Phi) is 17.2. The summed E-state index contributed by atoms with van der Waals surface area (Å²) >= 11 is 0. The molecule has 7 aromatic heterocycles. The first-order chi connectivity index (χ1) is 70.1. The third kappa shape index (κ3) is 11.6. The van der Waals surface area contributed by atoms with Crippen LogP contribution in [0, 0.1) is 0 Å². The Hall–Kier alpha value is -18.7. The fraction of sp³-hybridized carbons (Fsp3) is 0. The summed E-state index contributed by atoms with van der Waals surface area (Å²) in [7, 11) is 0. The van der Waals surface area contributed by atoms with E-state index in [-0.39, 0.29) is 0 Å². The van der Waals surface area contributed by atoms with E-state index in [1.54, 1.807) is 0 Å². The molecule has 0 spiro atoms. The van der Waals surface area contributed by atoms with Crippen LogP contribution in [0.5, 0.6) is 0 Å². The van der Waals surface area contributed by atoms with Crippen LogP contribution in [-0.2, 0) is 0 Å². The van der Waals surface area contributed by atoms with Crippen LogP contribution in [0.2, 0.25) is 0 Å². The van der Waals surface area contributed by atoms with Crippen LogP contribution >= 0.6 is 0 Å². The quantitative estimate of drug-likeness (QED) is 0.129. The Morgan fingerprint density at radius 3 is 0.943 bits per heavy atom. The number of benzene rings is 24. The molecule has 0 unspecified atom stereocenters. The lowest BCUT2D eigenvalue weighted by atomic mass is 9.91. The summed E-state index contributed by atoms with van der Waals surface area (Å²) in [6.07, 6.45) is 0. The Morgan fingerprint density at radius 1 is 0.113 bits per heavy atom. The van der Waals surface area contributed by atoms with E-state index in [1.165, 1.54) is 279 Å². The average molecular weight is 1790 g/mol. The molecule has 32 rings (SSSR count). The molecule has 0 saturated heterocycles. The third-order valence-corrected chi connectivity index (χ3v) is 30.6. The fourth-order valence-electron chi connectivity index (χ4n) is 24.8. The van der Waals surface area contributed by atoms with Gasteiger partial charge in [0.2, 0.25) is 0 Å². The molecule has 0 aliphatic heterocycles. The summed E-state index contributed by atoms with van der Waals surface area (Å²) in [6.45, 7) is 0. The molecule has 0 radical (unpaired) electrons. The highest BCUT2D eigenvalue weighted by molar-refractivity contribution is 6.40. The molecule has 5 nitrogen and oxygen atoms in total. The second-order valence-electron chi connectivity index (χ2n) is 37.8. The maximum atomic E-state index is 2.56. The van der Waals surface area contributed by atoms with Crippen LogP contribution in [0.15, 0.2) is 504 Å². The van der Waals surface area contributed by atoms with Gasteiger partial charge in [-0.15, -0.1) is 0 Å². The van der Waals surface area contributed by atoms with E-state index in [1.807, 2.05) is 0 Å². The second kappa shape index (κ2) is 30.9. The van der Waals surface area contributed by atoms with E-state index in [0.717, 1.165) is 11.4 Å². The first-order valence-electron chi connectivity index (χ1n) is 48.9. The second-order valence-corrected chi connectivity index (χ2v) is 37.8. The maximum Gasteiger partial charge on any atom is 0.0642 e. The number of hydrogen-bond acceptors (Lipinski definition) is 0. The number of hydrogen-bond donors (Lipinski definition) is 0. The number of aromatic nitrogens is 5. The van der Waals surface area contributed by atoms with Gasteiger partial charge in [-0.3, -0.25) is 0 Å². The molecule has 5 heteroatoms. The Labute approximate surface area is 810 Å². The third-order valence-electron chi connectivity index (χ3n) is 30.6. The van der Waals surface area contributed by atoms with Gasteiger partial charge in [0.15, 0.2) is 0 Å². The van der Waals surface area contributed by atoms with Gasteiger partial charge < -0.3 is 22.5 Å². The van der Waals surface area contributed by atoms with E-state index in [2.05, 4.69) is 526 Å². The van der Waals surface area contributed by atoms with Crippen molar-refractivity contribution >= 4 is 185 Å². The molecule has 1 aliphatic carbocycles. The predicted octanol–water partition coefficient (Wildman–Crippen LogP) is 36.9. The van der Waals surface area contributed by atoms with Crippen molar-refractivity contribution in [1.29, 1.82) is 0 Å². The maximum absolute atomic E-state index is 2.56. The summed E-state index contributed by atoms with van der Waals surface area (Å²) in [6, 6.07) is 185. The van der Waals surface area contributed by atoms with E-state index in [9.17, 15) is 0 Å². The smallest absolute Gasteiger partial charge is 0.0642 e. The highest BCUT2D eigenvalue weighted by Gasteiger charge is 2.31. The standard InChI is InChI=1S/2C46H28N2.C44H27N/c1-2-12-29(13-3-1)33-17-6-7-18-34(33)31-15-10-16-32(28-31)47-40-23-11-21-37-36-20-8-9-22-39(36)48-41-26-24-30-14-4-5-19-35(30)43(41)38-25-27-42(47)45(44(37)40)46(38)48;1-2-12-29(13-3-1)33-17-6-7-18-34(33)31-15-10-16-32(28-31)47-41-23-11-21-37-36-20-8-9-22-40(36)48-45-35-19-5-4-14-30(35)24-25-38(45)39-26-27-42(47)44(43(37)41)46(39)48;1-2-13-28(14-3-1)31-17-4-5-18-32(31)29-15-10-16-30(27-29)45-40-26-12-25-38-34-20-7-6-19-33(34)36-23-11-24-37-35-21-8-9-22-39(35)44(45)43(41(36)37)42(38)40/h2*1-28H;1-27H. The molecule has 0 fully saturated rings. The molecule has 31 aromatic rings. The average Bonchev–Trinajstić information content (AvgIpc) is 1.53. The van der Waals surface area contributed by atoms with Gasteiger partial charge in [0.25, 0.3) is 0 Å². The highest BCUT2D eigenvalue weighted by atomic mass is 15.0. The van der Waals surface area contributed by atoms with Crippen LogP contribution in [0.1, 0.15) is 0 Å². The largest absolute Gasteiger partial charge is 0.309 e. The van der Waals surface area contributed by atoms with Crippen molar-refractivity contribution in [2.45, 2.75) is 0 Å². The fourth-order valence-corrected chi connectivity index (χ4v) is 24.8. The number of fused-ring (bicyclic) bond motifs is 22. The monoisotopic (exact) mass is 1790 g/mol. The SMILES string of the molecule is c1ccc(-c2ccccc2-c2cccc(-n3c4cccc5c4c4c6c(cccc6c6ccccc6c43)-c3ccccc3-5)c2)cc1.c1ccc(-c2ccccc2-c2cccc(-n3c4cccc5c6ccccc6n6c7c8ccccc8ccc7c7ccc3c(c54)c76)c2)cc1.c1ccc(-c2ccccc2-c2cccc(-n3c4cccc5c6ccccc6n6c7ccc8ccccc8c7c7ccc3c(c54)c76)c2)cc1. The lowest BCUT2D eigenvalue weighted by Crippen LogP contribution is -1.97. The van der Waals surface area contributed by atoms with Crippen molar-refractivity contribution < 1.29 is 0 Å². The Morgan fingerprint density at radius 2 is 0.418 bits per heavy atom. The first-order valence-corrected chi connectivity index (χ1v) is 48.9. The van der Waals surface area contributed by atoms with Crippen LogP contribution < -0.4 is 0 Å². The molecule has 0 N–H and O–H groups in total. The van der Waals surface area contributed by atoms with Gasteiger partial charge in [-0.25, -0.2) is 0 Å². The molecule has 0 bridgehead atoms. The molecule has 24 aromatic carbocycles. The summed E-state index contributed by atoms with van der Waals surface area (Å²) in [5, 5.41) is 28.5. The van der Waals surface area contributed by atoms with E-state index in [0.29, 0.717) is 0 Å². The summed E-state index contributed by atoms with van der Waals surface area (Å²) in [4.78, 5) is 0. The van der Waals surface area contributed by atoms with Gasteiger partial charge in [-0.1, -0.05) is 419 Å². The number of nitrogens with zero attached hydrogens (tertiary/aromatic N) is 5. The molecular formula is C136H83N5. The van der Waals surface area contributed by atoms with Gasteiger partial charge in [0, 0.05) is 97.9 Å². The summed E-state index contributed by atoms with van der Waals surface area (Å²) in [5.41, 5.74) is 38.4. The topological polar surface area (TPSA) is 23.6 Å². The van der Waals surface area contributed by atoms with E-state index >= 15 is 0 Å². The van der Waals surface area contributed by atoms with Gasteiger partial charge in [0.05, 0.1) is 66.2 Å². The van der Waals surface area contributed by atoms with Crippen molar-refractivity contribution in [2.75, 3.05) is 0 Å². The summed E-state index contributed by atoms with van der Waals surface area (Å²) in [5.74, 6) is 0. The minimum Gasteiger partial charge on any atom is -0.309 e. The van der Waals surface area contributed by atoms with Crippen molar-refractivity contribution in [1.82, 2.24) is 22.5 Å². The summed E-state index contributed by atoms with van der Waals surface area (Å²) < 4.78 is 12.6. The molecule has 0 amide bonds.